The fourth-order valence-electron chi connectivity index (χ4n) is 2.17. The fraction of sp³-hybridized carbons (Fsp3) is 0.231. The van der Waals surface area contributed by atoms with E-state index in [0.29, 0.717) is 20.7 Å². The molecule has 106 valence electrons. The second-order valence-corrected chi connectivity index (χ2v) is 9.68. The Kier molecular flexibility index (Phi) is 4.08. The monoisotopic (exact) mass is 364 g/mol. The molecule has 1 aliphatic rings. The summed E-state index contributed by atoms with van der Waals surface area (Å²) in [5.74, 6) is 0.181. The van der Waals surface area contributed by atoms with Gasteiger partial charge in [-0.1, -0.05) is 29.3 Å². The quantitative estimate of drug-likeness (QED) is 0.746. The molecule has 1 aliphatic heterocycles. The van der Waals surface area contributed by atoms with E-state index in [-0.39, 0.29) is 11.0 Å². The van der Waals surface area contributed by atoms with E-state index in [1.807, 2.05) is 11.4 Å². The lowest BCUT2D eigenvalue weighted by molar-refractivity contribution is 0.588. The van der Waals surface area contributed by atoms with E-state index in [1.165, 1.54) is 11.3 Å². The van der Waals surface area contributed by atoms with Gasteiger partial charge in [0.2, 0.25) is 0 Å². The van der Waals surface area contributed by atoms with Gasteiger partial charge in [0.05, 0.1) is 15.8 Å². The zero-order chi connectivity index (χ0) is 14.3. The number of fused-ring (bicyclic) bond motifs is 1. The van der Waals surface area contributed by atoms with Crippen molar-refractivity contribution >= 4 is 56.1 Å². The summed E-state index contributed by atoms with van der Waals surface area (Å²) in [6.45, 7) is 0. The van der Waals surface area contributed by atoms with Crippen molar-refractivity contribution in [2.75, 3.05) is 5.75 Å². The summed E-state index contributed by atoms with van der Waals surface area (Å²) in [5.41, 5.74) is 0.877. The topological polar surface area (TPSA) is 34.1 Å². The maximum Gasteiger partial charge on any atom is 0.188 e. The number of rotatable bonds is 2. The SMILES string of the molecule is O=S1(=O)CC[C@@H](Sc2c(Cl)cccc2Cl)c2ccsc21. The third-order valence-corrected chi connectivity index (χ3v) is 8.77. The zero-order valence-electron chi connectivity index (χ0n) is 10.2. The zero-order valence-corrected chi connectivity index (χ0v) is 14.1. The minimum atomic E-state index is -3.10. The van der Waals surface area contributed by atoms with Crippen LogP contribution >= 0.6 is 46.3 Å². The van der Waals surface area contributed by atoms with Crippen LogP contribution in [0, 0.1) is 0 Å². The van der Waals surface area contributed by atoms with Gasteiger partial charge in [-0.15, -0.1) is 23.1 Å². The van der Waals surface area contributed by atoms with E-state index in [1.54, 1.807) is 30.0 Å². The summed E-state index contributed by atoms with van der Waals surface area (Å²) in [4.78, 5) is 0.817. The highest BCUT2D eigenvalue weighted by molar-refractivity contribution is 8.00. The summed E-state index contributed by atoms with van der Waals surface area (Å²) >= 11 is 15.2. The number of hydrogen-bond donors (Lipinski definition) is 0. The summed E-state index contributed by atoms with van der Waals surface area (Å²) in [7, 11) is -3.10. The smallest absolute Gasteiger partial charge is 0.188 e. The lowest BCUT2D eigenvalue weighted by Crippen LogP contribution is -2.16. The van der Waals surface area contributed by atoms with Crippen molar-refractivity contribution in [1.82, 2.24) is 0 Å². The van der Waals surface area contributed by atoms with Gasteiger partial charge in [0.1, 0.15) is 4.21 Å². The molecule has 1 aromatic carbocycles. The van der Waals surface area contributed by atoms with E-state index in [0.717, 1.165) is 10.5 Å². The average Bonchev–Trinajstić information content (AvgIpc) is 2.87. The van der Waals surface area contributed by atoms with Gasteiger partial charge < -0.3 is 0 Å². The lowest BCUT2D eigenvalue weighted by atomic mass is 10.2. The first-order valence-corrected chi connectivity index (χ1v) is 10.1. The van der Waals surface area contributed by atoms with Crippen molar-refractivity contribution < 1.29 is 8.42 Å². The summed E-state index contributed by atoms with van der Waals surface area (Å²) < 4.78 is 24.5. The molecule has 0 bridgehead atoms. The summed E-state index contributed by atoms with van der Waals surface area (Å²) in [6.07, 6.45) is 0.582. The van der Waals surface area contributed by atoms with Crippen LogP contribution in [-0.2, 0) is 9.84 Å². The fourth-order valence-corrected chi connectivity index (χ4v) is 7.32. The summed E-state index contributed by atoms with van der Waals surface area (Å²) in [5, 5.41) is 3.12. The van der Waals surface area contributed by atoms with Gasteiger partial charge in [-0.25, -0.2) is 8.42 Å². The van der Waals surface area contributed by atoms with Gasteiger partial charge in [-0.3, -0.25) is 0 Å². The standard InChI is InChI=1S/C13H10Cl2O2S3/c14-9-2-1-3-10(15)12(9)19-11-5-7-20(16,17)13-8(11)4-6-18-13/h1-4,6,11H,5,7H2/t11-/m1/s1. The molecule has 0 saturated carbocycles. The average molecular weight is 365 g/mol. The van der Waals surface area contributed by atoms with Crippen LogP contribution in [0.15, 0.2) is 38.8 Å². The molecule has 0 radical (unpaired) electrons. The highest BCUT2D eigenvalue weighted by atomic mass is 35.5. The van der Waals surface area contributed by atoms with E-state index in [4.69, 9.17) is 23.2 Å². The molecule has 1 atom stereocenters. The number of thiophene rings is 1. The molecule has 0 spiro atoms. The van der Waals surface area contributed by atoms with E-state index >= 15 is 0 Å². The van der Waals surface area contributed by atoms with Gasteiger partial charge in [-0.05, 0) is 35.6 Å². The van der Waals surface area contributed by atoms with Crippen molar-refractivity contribution in [1.29, 1.82) is 0 Å². The summed E-state index contributed by atoms with van der Waals surface area (Å²) in [6, 6.07) is 7.28. The van der Waals surface area contributed by atoms with Gasteiger partial charge in [0.15, 0.2) is 9.84 Å². The highest BCUT2D eigenvalue weighted by Crippen LogP contribution is 2.49. The van der Waals surface area contributed by atoms with Crippen LogP contribution in [0.25, 0.3) is 0 Å². The number of hydrogen-bond acceptors (Lipinski definition) is 4. The Morgan fingerprint density at radius 3 is 2.60 bits per heavy atom. The van der Waals surface area contributed by atoms with Crippen molar-refractivity contribution in [3.63, 3.8) is 0 Å². The van der Waals surface area contributed by atoms with Gasteiger partial charge in [0, 0.05) is 10.1 Å². The molecule has 0 aliphatic carbocycles. The van der Waals surface area contributed by atoms with Gasteiger partial charge >= 0.3 is 0 Å². The molecule has 1 aromatic heterocycles. The first-order valence-electron chi connectivity index (χ1n) is 5.90. The second kappa shape index (κ2) is 5.54. The van der Waals surface area contributed by atoms with Crippen LogP contribution in [0.4, 0.5) is 0 Å². The normalized spacial score (nSPS) is 20.6. The van der Waals surface area contributed by atoms with E-state index in [2.05, 4.69) is 0 Å². The predicted octanol–water partition coefficient (Wildman–Crippen LogP) is 5.07. The van der Waals surface area contributed by atoms with Crippen LogP contribution in [-0.4, -0.2) is 14.2 Å². The molecule has 2 nitrogen and oxygen atoms in total. The molecule has 20 heavy (non-hydrogen) atoms. The molecule has 0 unspecified atom stereocenters. The van der Waals surface area contributed by atoms with Crippen LogP contribution in [0.1, 0.15) is 17.2 Å². The van der Waals surface area contributed by atoms with E-state index in [9.17, 15) is 8.42 Å². The molecule has 0 amide bonds. The Hall–Kier alpha value is -0.200. The maximum absolute atomic E-state index is 12.0. The second-order valence-electron chi connectivity index (χ2n) is 4.43. The molecule has 0 fully saturated rings. The van der Waals surface area contributed by atoms with Crippen LogP contribution in [0.5, 0.6) is 0 Å². The minimum absolute atomic E-state index is 0.0807. The predicted molar refractivity (Wildman–Crippen MR) is 86.0 cm³/mol. The molecule has 0 N–H and O–H groups in total. The van der Waals surface area contributed by atoms with Crippen LogP contribution in [0.2, 0.25) is 10.0 Å². The molecule has 2 heterocycles. The van der Waals surface area contributed by atoms with E-state index < -0.39 is 9.84 Å². The Balaban J connectivity index is 1.98. The van der Waals surface area contributed by atoms with Crippen molar-refractivity contribution in [3.05, 3.63) is 45.3 Å². The Labute approximate surface area is 136 Å². The van der Waals surface area contributed by atoms with Crippen molar-refractivity contribution in [2.24, 2.45) is 0 Å². The molecule has 3 rings (SSSR count). The Bertz CT molecular complexity index is 732. The molecule has 0 saturated heterocycles. The lowest BCUT2D eigenvalue weighted by Gasteiger charge is -2.22. The first kappa shape index (κ1) is 14.7. The third kappa shape index (κ3) is 2.62. The minimum Gasteiger partial charge on any atom is -0.223 e. The molecular weight excluding hydrogens is 355 g/mol. The van der Waals surface area contributed by atoms with Crippen molar-refractivity contribution in [2.45, 2.75) is 20.8 Å². The number of sulfone groups is 1. The maximum atomic E-state index is 12.0. The third-order valence-electron chi connectivity index (χ3n) is 3.12. The number of benzene rings is 1. The molecule has 2 aromatic rings. The van der Waals surface area contributed by atoms with Crippen molar-refractivity contribution in [3.8, 4) is 0 Å². The Morgan fingerprint density at radius 1 is 1.20 bits per heavy atom. The Morgan fingerprint density at radius 2 is 1.90 bits per heavy atom. The van der Waals surface area contributed by atoms with Crippen LogP contribution < -0.4 is 0 Å². The van der Waals surface area contributed by atoms with Gasteiger partial charge in [-0.2, -0.15) is 0 Å². The highest BCUT2D eigenvalue weighted by Gasteiger charge is 2.32. The van der Waals surface area contributed by atoms with Crippen LogP contribution in [0.3, 0.4) is 0 Å². The number of thioether (sulfide) groups is 1. The molecular formula is C13H10Cl2O2S3. The largest absolute Gasteiger partial charge is 0.223 e. The van der Waals surface area contributed by atoms with Gasteiger partial charge in [0.25, 0.3) is 0 Å². The molecule has 7 heteroatoms. The first-order chi connectivity index (χ1) is 9.49. The number of halogens is 2.